The van der Waals surface area contributed by atoms with Gasteiger partial charge in [0.05, 0.1) is 12.7 Å². The molecule has 0 saturated carbocycles. The van der Waals surface area contributed by atoms with Gasteiger partial charge in [-0.2, -0.15) is 26.3 Å². The van der Waals surface area contributed by atoms with E-state index >= 15 is 0 Å². The van der Waals surface area contributed by atoms with Crippen LogP contribution in [0.2, 0.25) is 0 Å². The zero-order valence-corrected chi connectivity index (χ0v) is 25.0. The number of pyridine rings is 1. The Labute approximate surface area is 250 Å². The van der Waals surface area contributed by atoms with Crippen LogP contribution in [-0.4, -0.2) is 88.3 Å². The number of aliphatic hydroxyl groups excluding tert-OH is 2. The van der Waals surface area contributed by atoms with E-state index in [1.54, 1.807) is 41.5 Å². The van der Waals surface area contributed by atoms with Crippen LogP contribution in [0, 0.1) is 0 Å². The Kier molecular flexibility index (Phi) is 14.3. The maximum Gasteiger partial charge on any atom is 0.423 e. The number of amides is 2. The summed E-state index contributed by atoms with van der Waals surface area (Å²) >= 11 is 0. The maximum absolute atomic E-state index is 12.9. The summed E-state index contributed by atoms with van der Waals surface area (Å²) in [5, 5.41) is 28.0. The van der Waals surface area contributed by atoms with Crippen molar-refractivity contribution < 1.29 is 60.4 Å². The lowest BCUT2D eigenvalue weighted by Gasteiger charge is -2.29. The van der Waals surface area contributed by atoms with E-state index < -0.39 is 66.8 Å². The molecule has 0 aliphatic heterocycles. The van der Waals surface area contributed by atoms with Crippen molar-refractivity contribution in [3.05, 3.63) is 30.1 Å². The first-order valence-electron chi connectivity index (χ1n) is 13.3. The SMILES string of the molecule is CC(C)(C)OC(=O)NC(=NCCC[C@H](NC(O)c1cccnc1)C(O)COC(C(F)(F)F)C(F)(F)F)NC(=O)OC(C)(C)C. The number of hydrogen-bond donors (Lipinski definition) is 5. The van der Waals surface area contributed by atoms with Crippen molar-refractivity contribution in [2.45, 2.75) is 102 Å². The van der Waals surface area contributed by atoms with E-state index in [9.17, 15) is 46.1 Å². The molecule has 2 amide bonds. The first kappa shape index (κ1) is 38.8. The van der Waals surface area contributed by atoms with Crippen molar-refractivity contribution in [2.24, 2.45) is 4.99 Å². The van der Waals surface area contributed by atoms with Crippen LogP contribution in [0.25, 0.3) is 0 Å². The fourth-order valence-electron chi connectivity index (χ4n) is 3.32. The number of alkyl carbamates (subject to hydrolysis) is 2. The molecule has 2 unspecified atom stereocenters. The van der Waals surface area contributed by atoms with Crippen LogP contribution >= 0.6 is 0 Å². The monoisotopic (exact) mass is 647 g/mol. The highest BCUT2D eigenvalue weighted by molar-refractivity contribution is 6.01. The van der Waals surface area contributed by atoms with Crippen molar-refractivity contribution in [3.8, 4) is 0 Å². The second kappa shape index (κ2) is 16.2. The highest BCUT2D eigenvalue weighted by atomic mass is 19.4. The predicted molar refractivity (Wildman–Crippen MR) is 144 cm³/mol. The molecule has 1 heterocycles. The lowest BCUT2D eigenvalue weighted by Crippen LogP contribution is -2.49. The molecule has 252 valence electrons. The zero-order valence-electron chi connectivity index (χ0n) is 25.0. The molecule has 0 fully saturated rings. The lowest BCUT2D eigenvalue weighted by molar-refractivity contribution is -0.325. The summed E-state index contributed by atoms with van der Waals surface area (Å²) in [6, 6.07) is 1.59. The average molecular weight is 648 g/mol. The van der Waals surface area contributed by atoms with Gasteiger partial charge in [-0.1, -0.05) is 6.07 Å². The molecule has 3 atom stereocenters. The Morgan fingerprint density at radius 2 is 1.45 bits per heavy atom. The molecule has 0 aliphatic rings. The van der Waals surface area contributed by atoms with E-state index in [4.69, 9.17) is 9.47 Å². The smallest absolute Gasteiger partial charge is 0.423 e. The maximum atomic E-state index is 12.9. The van der Waals surface area contributed by atoms with Crippen LogP contribution < -0.4 is 16.0 Å². The van der Waals surface area contributed by atoms with Gasteiger partial charge in [0, 0.05) is 30.5 Å². The largest absolute Gasteiger partial charge is 0.444 e. The van der Waals surface area contributed by atoms with Gasteiger partial charge in [-0.3, -0.25) is 25.9 Å². The first-order valence-corrected chi connectivity index (χ1v) is 13.3. The predicted octanol–water partition coefficient (Wildman–Crippen LogP) is 4.09. The van der Waals surface area contributed by atoms with Crippen LogP contribution in [0.5, 0.6) is 0 Å². The first-order chi connectivity index (χ1) is 20.0. The van der Waals surface area contributed by atoms with Crippen molar-refractivity contribution in [1.82, 2.24) is 20.9 Å². The van der Waals surface area contributed by atoms with Crippen molar-refractivity contribution in [1.29, 1.82) is 0 Å². The molecule has 5 N–H and O–H groups in total. The van der Waals surface area contributed by atoms with Gasteiger partial charge in [-0.05, 0) is 60.5 Å². The van der Waals surface area contributed by atoms with Gasteiger partial charge < -0.3 is 24.4 Å². The summed E-state index contributed by atoms with van der Waals surface area (Å²) in [5.41, 5.74) is -1.60. The van der Waals surface area contributed by atoms with Crippen molar-refractivity contribution >= 4 is 18.1 Å². The number of rotatable bonds is 11. The fraction of sp³-hybridized carbons (Fsp3) is 0.692. The van der Waals surface area contributed by atoms with E-state index in [2.05, 4.69) is 30.7 Å². The van der Waals surface area contributed by atoms with Gasteiger partial charge in [0.15, 0.2) is 0 Å². The topological polar surface area (TPSA) is 164 Å². The number of halogens is 6. The Hall–Kier alpha value is -3.22. The Morgan fingerprint density at radius 3 is 1.89 bits per heavy atom. The number of carbonyl (C=O) groups is 2. The molecule has 12 nitrogen and oxygen atoms in total. The second-order valence-electron chi connectivity index (χ2n) is 11.5. The van der Waals surface area contributed by atoms with Crippen LogP contribution in [0.1, 0.15) is 66.2 Å². The summed E-state index contributed by atoms with van der Waals surface area (Å²) < 4.78 is 91.7. The van der Waals surface area contributed by atoms with E-state index in [-0.39, 0.29) is 30.9 Å². The number of aliphatic hydroxyl groups is 2. The summed E-state index contributed by atoms with van der Waals surface area (Å²) in [7, 11) is 0. The summed E-state index contributed by atoms with van der Waals surface area (Å²) in [6.45, 7) is 7.99. The number of aromatic nitrogens is 1. The van der Waals surface area contributed by atoms with E-state index in [0.717, 1.165) is 0 Å². The minimum Gasteiger partial charge on any atom is -0.444 e. The third kappa shape index (κ3) is 16.0. The minimum absolute atomic E-state index is 0.0219. The number of guanidine groups is 1. The molecule has 1 rings (SSSR count). The molecule has 0 radical (unpaired) electrons. The summed E-state index contributed by atoms with van der Waals surface area (Å²) in [4.78, 5) is 32.3. The third-order valence-electron chi connectivity index (χ3n) is 5.05. The average Bonchev–Trinajstić information content (AvgIpc) is 2.82. The number of nitrogens with one attached hydrogen (secondary N) is 3. The highest BCUT2D eigenvalue weighted by Crippen LogP contribution is 2.35. The Balaban J connectivity index is 3.07. The molecule has 1 aromatic rings. The number of ether oxygens (including phenoxy) is 3. The molecule has 0 bridgehead atoms. The van der Waals surface area contributed by atoms with Gasteiger partial charge in [0.1, 0.15) is 17.4 Å². The normalized spacial score (nSPS) is 14.8. The van der Waals surface area contributed by atoms with Crippen molar-refractivity contribution in [3.63, 3.8) is 0 Å². The molecule has 18 heteroatoms. The minimum atomic E-state index is -5.79. The van der Waals surface area contributed by atoms with Gasteiger partial charge >= 0.3 is 24.5 Å². The van der Waals surface area contributed by atoms with Crippen LogP contribution in [0.4, 0.5) is 35.9 Å². The van der Waals surface area contributed by atoms with Crippen molar-refractivity contribution in [2.75, 3.05) is 13.2 Å². The van der Waals surface area contributed by atoms with Gasteiger partial charge in [0.2, 0.25) is 12.1 Å². The Morgan fingerprint density at radius 1 is 0.932 bits per heavy atom. The molecule has 0 spiro atoms. The highest BCUT2D eigenvalue weighted by Gasteiger charge is 2.58. The molecule has 1 aromatic heterocycles. The van der Waals surface area contributed by atoms with Gasteiger partial charge in [0.25, 0.3) is 0 Å². The number of carbonyl (C=O) groups excluding carboxylic acids is 2. The van der Waals surface area contributed by atoms with E-state index in [0.29, 0.717) is 0 Å². The number of aliphatic imine (C=N–C) groups is 1. The number of nitrogens with zero attached hydrogens (tertiary/aromatic N) is 2. The summed E-state index contributed by atoms with van der Waals surface area (Å²) in [5.74, 6) is -0.379. The van der Waals surface area contributed by atoms with E-state index in [1.165, 1.54) is 24.5 Å². The summed E-state index contributed by atoms with van der Waals surface area (Å²) in [6.07, 6.45) is -18.7. The lowest BCUT2D eigenvalue weighted by atomic mass is 10.0. The molecule has 0 aliphatic carbocycles. The molecule has 0 saturated heterocycles. The number of alkyl halides is 6. The van der Waals surface area contributed by atoms with Gasteiger partial charge in [-0.25, -0.2) is 9.59 Å². The fourth-order valence-corrected chi connectivity index (χ4v) is 3.32. The van der Waals surface area contributed by atoms with Crippen LogP contribution in [0.3, 0.4) is 0 Å². The quantitative estimate of drug-likeness (QED) is 0.0783. The second-order valence-corrected chi connectivity index (χ2v) is 11.5. The molecular weight excluding hydrogens is 608 g/mol. The van der Waals surface area contributed by atoms with Gasteiger partial charge in [-0.15, -0.1) is 0 Å². The van der Waals surface area contributed by atoms with Crippen LogP contribution in [0.15, 0.2) is 29.5 Å². The Bertz CT molecular complexity index is 1030. The standard InChI is InChI=1S/C26H39F6N5O7/c1-23(2,3)43-21(40)36-20(37-22(41)44-24(4,5)6)34-12-8-10-16(35-18(39)15-9-7-11-33-13-15)17(38)14-42-19(25(27,28)29)26(30,31)32/h7,9,11,13,16-19,35,38-39H,8,10,12,14H2,1-6H3,(H2,34,36,37,40,41)/t16-,17?,18?/m0/s1. The number of hydrogen-bond acceptors (Lipinski definition) is 10. The van der Waals surface area contributed by atoms with Crippen LogP contribution in [-0.2, 0) is 14.2 Å². The molecular formula is C26H39F6N5O7. The van der Waals surface area contributed by atoms with E-state index in [1.807, 2.05) is 0 Å². The zero-order chi connectivity index (χ0) is 33.9. The third-order valence-corrected chi connectivity index (χ3v) is 5.05. The molecule has 44 heavy (non-hydrogen) atoms. The molecule has 0 aromatic carbocycles.